The normalized spacial score (nSPS) is 23.6. The number of piperazine rings is 1. The van der Waals surface area contributed by atoms with Crippen molar-refractivity contribution < 1.29 is 4.79 Å². The molecule has 70 valence electrons. The van der Waals surface area contributed by atoms with Gasteiger partial charge in [0.25, 0.3) is 0 Å². The van der Waals surface area contributed by atoms with E-state index in [1.54, 1.807) is 16.2 Å². The molecule has 0 aromatic carbocycles. The molecule has 0 aliphatic carbocycles. The van der Waals surface area contributed by atoms with Gasteiger partial charge in [0.1, 0.15) is 6.04 Å². The monoisotopic (exact) mass is 196 g/mol. The van der Waals surface area contributed by atoms with Crippen LogP contribution in [0.3, 0.4) is 0 Å². The summed E-state index contributed by atoms with van der Waals surface area (Å²) < 4.78 is 0. The van der Waals surface area contributed by atoms with E-state index in [0.717, 1.165) is 18.0 Å². The topological polar surface area (TPSA) is 32.3 Å². The molecule has 0 bridgehead atoms. The standard InChI is InChI=1S/C9H12N2OS/c1-11-5-4-10-8(9(11)12)7-3-2-6-13-7/h2-3,6,8,10H,4-5H2,1H3. The van der Waals surface area contributed by atoms with Crippen molar-refractivity contribution in [3.05, 3.63) is 22.4 Å². The highest BCUT2D eigenvalue weighted by molar-refractivity contribution is 7.10. The van der Waals surface area contributed by atoms with Crippen LogP contribution in [0.1, 0.15) is 10.9 Å². The smallest absolute Gasteiger partial charge is 0.244 e. The summed E-state index contributed by atoms with van der Waals surface area (Å²) in [5, 5.41) is 5.22. The van der Waals surface area contributed by atoms with Crippen LogP contribution in [-0.4, -0.2) is 30.9 Å². The Morgan fingerprint density at radius 3 is 3.23 bits per heavy atom. The molecule has 1 aromatic heterocycles. The Balaban J connectivity index is 2.19. The van der Waals surface area contributed by atoms with Crippen LogP contribution < -0.4 is 5.32 Å². The zero-order valence-corrected chi connectivity index (χ0v) is 8.30. The van der Waals surface area contributed by atoms with E-state index in [2.05, 4.69) is 5.32 Å². The minimum absolute atomic E-state index is 0.112. The van der Waals surface area contributed by atoms with Crippen LogP contribution in [0.25, 0.3) is 0 Å². The van der Waals surface area contributed by atoms with Crippen molar-refractivity contribution in [2.24, 2.45) is 0 Å². The number of amides is 1. The molecule has 0 spiro atoms. The Bertz CT molecular complexity index is 297. The maximum absolute atomic E-state index is 11.7. The number of rotatable bonds is 1. The fourth-order valence-electron chi connectivity index (χ4n) is 1.47. The first-order valence-electron chi connectivity index (χ1n) is 4.31. The fourth-order valence-corrected chi connectivity index (χ4v) is 2.26. The zero-order chi connectivity index (χ0) is 9.26. The van der Waals surface area contributed by atoms with Crippen LogP contribution in [0.2, 0.25) is 0 Å². The lowest BCUT2D eigenvalue weighted by atomic mass is 10.2. The van der Waals surface area contributed by atoms with Gasteiger partial charge in [-0.05, 0) is 11.4 Å². The zero-order valence-electron chi connectivity index (χ0n) is 7.49. The van der Waals surface area contributed by atoms with E-state index in [0.29, 0.717) is 0 Å². The van der Waals surface area contributed by atoms with Gasteiger partial charge in [-0.2, -0.15) is 0 Å². The number of hydrogen-bond donors (Lipinski definition) is 1. The highest BCUT2D eigenvalue weighted by atomic mass is 32.1. The highest BCUT2D eigenvalue weighted by Gasteiger charge is 2.27. The van der Waals surface area contributed by atoms with E-state index in [4.69, 9.17) is 0 Å². The van der Waals surface area contributed by atoms with Gasteiger partial charge in [0.05, 0.1) is 0 Å². The second-order valence-corrected chi connectivity index (χ2v) is 4.14. The minimum Gasteiger partial charge on any atom is -0.343 e. The first-order chi connectivity index (χ1) is 6.29. The van der Waals surface area contributed by atoms with Crippen molar-refractivity contribution >= 4 is 17.2 Å². The molecule has 1 aliphatic rings. The van der Waals surface area contributed by atoms with Gasteiger partial charge in [-0.15, -0.1) is 11.3 Å². The van der Waals surface area contributed by atoms with Crippen LogP contribution in [0, 0.1) is 0 Å². The lowest BCUT2D eigenvalue weighted by Crippen LogP contribution is -2.47. The Morgan fingerprint density at radius 1 is 1.69 bits per heavy atom. The maximum atomic E-state index is 11.7. The molecular formula is C9H12N2OS. The minimum atomic E-state index is -0.112. The van der Waals surface area contributed by atoms with Gasteiger partial charge in [0.15, 0.2) is 0 Å². The van der Waals surface area contributed by atoms with Crippen LogP contribution >= 0.6 is 11.3 Å². The molecule has 0 radical (unpaired) electrons. The Kier molecular flexibility index (Phi) is 2.33. The fraction of sp³-hybridized carbons (Fsp3) is 0.444. The quantitative estimate of drug-likeness (QED) is 0.722. The summed E-state index contributed by atoms with van der Waals surface area (Å²) >= 11 is 1.63. The molecule has 1 atom stereocenters. The summed E-state index contributed by atoms with van der Waals surface area (Å²) in [6.07, 6.45) is 0. The first kappa shape index (κ1) is 8.72. The molecule has 2 heterocycles. The molecule has 1 aromatic rings. The van der Waals surface area contributed by atoms with Crippen molar-refractivity contribution in [2.75, 3.05) is 20.1 Å². The van der Waals surface area contributed by atoms with E-state index >= 15 is 0 Å². The molecule has 1 N–H and O–H groups in total. The largest absolute Gasteiger partial charge is 0.343 e. The van der Waals surface area contributed by atoms with Crippen LogP contribution in [-0.2, 0) is 4.79 Å². The van der Waals surface area contributed by atoms with Gasteiger partial charge in [0, 0.05) is 25.0 Å². The molecule has 1 unspecified atom stereocenters. The van der Waals surface area contributed by atoms with Crippen molar-refractivity contribution in [3.8, 4) is 0 Å². The predicted molar refractivity (Wildman–Crippen MR) is 52.7 cm³/mol. The van der Waals surface area contributed by atoms with Crippen LogP contribution in [0.4, 0.5) is 0 Å². The average Bonchev–Trinajstić information content (AvgIpc) is 2.62. The van der Waals surface area contributed by atoms with Crippen molar-refractivity contribution in [1.29, 1.82) is 0 Å². The SMILES string of the molecule is CN1CCNC(c2cccs2)C1=O. The second-order valence-electron chi connectivity index (χ2n) is 3.16. The number of nitrogens with one attached hydrogen (secondary N) is 1. The summed E-state index contributed by atoms with van der Waals surface area (Å²) in [4.78, 5) is 14.6. The Hall–Kier alpha value is -0.870. The number of likely N-dealkylation sites (N-methyl/N-ethyl adjacent to an activating group) is 1. The van der Waals surface area contributed by atoms with E-state index in [9.17, 15) is 4.79 Å². The van der Waals surface area contributed by atoms with Gasteiger partial charge in [-0.1, -0.05) is 6.07 Å². The second kappa shape index (κ2) is 3.47. The van der Waals surface area contributed by atoms with Crippen molar-refractivity contribution in [3.63, 3.8) is 0 Å². The summed E-state index contributed by atoms with van der Waals surface area (Å²) in [5.41, 5.74) is 0. The highest BCUT2D eigenvalue weighted by Crippen LogP contribution is 2.22. The number of hydrogen-bond acceptors (Lipinski definition) is 3. The summed E-state index contributed by atoms with van der Waals surface area (Å²) in [7, 11) is 1.85. The lowest BCUT2D eigenvalue weighted by molar-refractivity contribution is -0.134. The Labute approximate surface area is 81.4 Å². The molecule has 1 amide bonds. The van der Waals surface area contributed by atoms with E-state index in [-0.39, 0.29) is 11.9 Å². The summed E-state index contributed by atoms with van der Waals surface area (Å²) in [5.74, 6) is 0.175. The molecule has 1 fully saturated rings. The van der Waals surface area contributed by atoms with E-state index in [1.165, 1.54) is 0 Å². The molecule has 3 nitrogen and oxygen atoms in total. The van der Waals surface area contributed by atoms with Crippen LogP contribution in [0.15, 0.2) is 17.5 Å². The Morgan fingerprint density at radius 2 is 2.54 bits per heavy atom. The van der Waals surface area contributed by atoms with Gasteiger partial charge < -0.3 is 4.90 Å². The third-order valence-corrected chi connectivity index (χ3v) is 3.18. The first-order valence-corrected chi connectivity index (χ1v) is 5.19. The summed E-state index contributed by atoms with van der Waals surface area (Å²) in [6.45, 7) is 1.69. The van der Waals surface area contributed by atoms with Gasteiger partial charge in [0.2, 0.25) is 5.91 Å². The van der Waals surface area contributed by atoms with E-state index in [1.807, 2.05) is 24.6 Å². The lowest BCUT2D eigenvalue weighted by Gasteiger charge is -2.29. The van der Waals surface area contributed by atoms with Crippen LogP contribution in [0.5, 0.6) is 0 Å². The molecule has 4 heteroatoms. The molecule has 2 rings (SSSR count). The maximum Gasteiger partial charge on any atom is 0.244 e. The third-order valence-electron chi connectivity index (χ3n) is 2.25. The molecule has 1 aliphatic heterocycles. The van der Waals surface area contributed by atoms with E-state index < -0.39 is 0 Å². The van der Waals surface area contributed by atoms with Gasteiger partial charge in [-0.25, -0.2) is 0 Å². The molecular weight excluding hydrogens is 184 g/mol. The average molecular weight is 196 g/mol. The summed E-state index contributed by atoms with van der Waals surface area (Å²) in [6, 6.07) is 3.86. The number of thiophene rings is 1. The number of carbonyl (C=O) groups excluding carboxylic acids is 1. The third kappa shape index (κ3) is 1.59. The molecule has 13 heavy (non-hydrogen) atoms. The van der Waals surface area contributed by atoms with Crippen molar-refractivity contribution in [1.82, 2.24) is 10.2 Å². The number of carbonyl (C=O) groups is 1. The van der Waals surface area contributed by atoms with Gasteiger partial charge in [-0.3, -0.25) is 10.1 Å². The predicted octanol–water partition coefficient (Wildman–Crippen LogP) is 0.851. The molecule has 0 saturated carbocycles. The number of nitrogens with zero attached hydrogens (tertiary/aromatic N) is 1. The van der Waals surface area contributed by atoms with Crippen molar-refractivity contribution in [2.45, 2.75) is 6.04 Å². The van der Waals surface area contributed by atoms with Gasteiger partial charge >= 0.3 is 0 Å². The molecule has 1 saturated heterocycles.